The number of hydrogen-bond acceptors (Lipinski definition) is 2. The highest BCUT2D eigenvalue weighted by Gasteiger charge is 2.15. The molecule has 0 radical (unpaired) electrons. The van der Waals surface area contributed by atoms with E-state index in [9.17, 15) is 4.79 Å². The fraction of sp³-hybridized carbons (Fsp3) is 0.118. The van der Waals surface area contributed by atoms with Crippen LogP contribution in [0.2, 0.25) is 0 Å². The zero-order valence-electron chi connectivity index (χ0n) is 11.2. The quantitative estimate of drug-likeness (QED) is 0.616. The lowest BCUT2D eigenvalue weighted by Crippen LogP contribution is -1.99. The van der Waals surface area contributed by atoms with Gasteiger partial charge in [0, 0.05) is 15.4 Å². The van der Waals surface area contributed by atoms with E-state index in [0.717, 1.165) is 26.6 Å². The van der Waals surface area contributed by atoms with Crippen molar-refractivity contribution in [2.75, 3.05) is 0 Å². The van der Waals surface area contributed by atoms with Gasteiger partial charge in [-0.05, 0) is 49.2 Å². The van der Waals surface area contributed by atoms with Gasteiger partial charge in [0.15, 0.2) is 5.76 Å². The third-order valence-electron chi connectivity index (χ3n) is 3.38. The summed E-state index contributed by atoms with van der Waals surface area (Å²) in [5.41, 5.74) is 3.49. The molecule has 0 saturated heterocycles. The molecule has 100 valence electrons. The van der Waals surface area contributed by atoms with Gasteiger partial charge in [-0.2, -0.15) is 0 Å². The zero-order chi connectivity index (χ0) is 14.3. The molecule has 0 aliphatic carbocycles. The summed E-state index contributed by atoms with van der Waals surface area (Å²) in [6.45, 7) is 3.94. The summed E-state index contributed by atoms with van der Waals surface area (Å²) < 4.78 is 6.72. The van der Waals surface area contributed by atoms with E-state index in [2.05, 4.69) is 15.9 Å². The maximum Gasteiger partial charge on any atom is 0.228 e. The van der Waals surface area contributed by atoms with Gasteiger partial charge in [0.25, 0.3) is 0 Å². The van der Waals surface area contributed by atoms with Gasteiger partial charge in [0.1, 0.15) is 5.58 Å². The Hall–Kier alpha value is -1.87. The number of carbonyl (C=O) groups is 1. The van der Waals surface area contributed by atoms with E-state index in [1.54, 1.807) is 6.07 Å². The van der Waals surface area contributed by atoms with Crippen molar-refractivity contribution < 1.29 is 9.21 Å². The standard InChI is InChI=1S/C17H13BrO2/c1-10-4-3-5-13-9-15(20-17(10)13)16(19)12-6-7-14(18)11(2)8-12/h3-9H,1-2H3. The van der Waals surface area contributed by atoms with E-state index < -0.39 is 0 Å². The summed E-state index contributed by atoms with van der Waals surface area (Å²) >= 11 is 3.44. The number of benzene rings is 2. The number of aryl methyl sites for hydroxylation is 2. The lowest BCUT2D eigenvalue weighted by atomic mass is 10.1. The van der Waals surface area contributed by atoms with Crippen LogP contribution in [0.3, 0.4) is 0 Å². The molecule has 0 aliphatic heterocycles. The summed E-state index contributed by atoms with van der Waals surface area (Å²) in [5.74, 6) is 0.298. The SMILES string of the molecule is Cc1cc(C(=O)c2cc3cccc(C)c3o2)ccc1Br. The monoisotopic (exact) mass is 328 g/mol. The maximum absolute atomic E-state index is 12.5. The van der Waals surface area contributed by atoms with Gasteiger partial charge >= 0.3 is 0 Å². The second-order valence-corrected chi connectivity index (χ2v) is 5.75. The van der Waals surface area contributed by atoms with Gasteiger partial charge in [-0.25, -0.2) is 0 Å². The Morgan fingerprint density at radius 2 is 1.85 bits per heavy atom. The molecule has 20 heavy (non-hydrogen) atoms. The summed E-state index contributed by atoms with van der Waals surface area (Å²) in [5, 5.41) is 0.960. The number of furan rings is 1. The van der Waals surface area contributed by atoms with Gasteiger partial charge < -0.3 is 4.42 Å². The van der Waals surface area contributed by atoms with Crippen LogP contribution >= 0.6 is 15.9 Å². The van der Waals surface area contributed by atoms with E-state index in [1.165, 1.54) is 0 Å². The molecule has 1 aromatic heterocycles. The fourth-order valence-corrected chi connectivity index (χ4v) is 2.50. The number of rotatable bonds is 2. The Morgan fingerprint density at radius 1 is 1.05 bits per heavy atom. The minimum Gasteiger partial charge on any atom is -0.452 e. The summed E-state index contributed by atoms with van der Waals surface area (Å²) in [6, 6.07) is 13.3. The van der Waals surface area contributed by atoms with Crippen LogP contribution in [-0.4, -0.2) is 5.78 Å². The molecule has 3 heteroatoms. The molecule has 0 fully saturated rings. The Morgan fingerprint density at radius 3 is 2.55 bits per heavy atom. The zero-order valence-corrected chi connectivity index (χ0v) is 12.8. The second-order valence-electron chi connectivity index (χ2n) is 4.90. The lowest BCUT2D eigenvalue weighted by molar-refractivity contribution is 0.101. The van der Waals surface area contributed by atoms with Crippen LogP contribution in [0.25, 0.3) is 11.0 Å². The highest BCUT2D eigenvalue weighted by molar-refractivity contribution is 9.10. The van der Waals surface area contributed by atoms with Crippen molar-refractivity contribution in [1.82, 2.24) is 0 Å². The Balaban J connectivity index is 2.08. The van der Waals surface area contributed by atoms with Crippen LogP contribution in [0.1, 0.15) is 27.2 Å². The van der Waals surface area contributed by atoms with E-state index in [0.29, 0.717) is 11.3 Å². The predicted molar refractivity (Wildman–Crippen MR) is 83.3 cm³/mol. The lowest BCUT2D eigenvalue weighted by Gasteiger charge is -2.01. The molecule has 0 saturated carbocycles. The third-order valence-corrected chi connectivity index (χ3v) is 4.27. The molecular weight excluding hydrogens is 316 g/mol. The average Bonchev–Trinajstić information content (AvgIpc) is 2.86. The number of para-hydroxylation sites is 1. The molecule has 2 nitrogen and oxygen atoms in total. The van der Waals surface area contributed by atoms with Crippen molar-refractivity contribution in [3.8, 4) is 0 Å². The van der Waals surface area contributed by atoms with Crippen molar-refractivity contribution in [2.24, 2.45) is 0 Å². The molecule has 0 amide bonds. The van der Waals surface area contributed by atoms with Crippen molar-refractivity contribution in [3.05, 3.63) is 69.4 Å². The van der Waals surface area contributed by atoms with Crippen molar-refractivity contribution in [2.45, 2.75) is 13.8 Å². The second kappa shape index (κ2) is 4.91. The number of hydrogen-bond donors (Lipinski definition) is 0. The molecule has 0 aliphatic rings. The molecule has 0 atom stereocenters. The fourth-order valence-electron chi connectivity index (χ4n) is 2.25. The Labute approximate surface area is 125 Å². The molecule has 0 bridgehead atoms. The highest BCUT2D eigenvalue weighted by Crippen LogP contribution is 2.25. The predicted octanol–water partition coefficient (Wildman–Crippen LogP) is 5.04. The van der Waals surface area contributed by atoms with Crippen LogP contribution in [-0.2, 0) is 0 Å². The van der Waals surface area contributed by atoms with Gasteiger partial charge in [-0.3, -0.25) is 4.79 Å². The average molecular weight is 329 g/mol. The first-order chi connectivity index (χ1) is 9.56. The minimum atomic E-state index is -0.0869. The molecule has 3 aromatic rings. The van der Waals surface area contributed by atoms with Gasteiger partial charge in [-0.15, -0.1) is 0 Å². The maximum atomic E-state index is 12.5. The van der Waals surface area contributed by atoms with Gasteiger partial charge in [0.2, 0.25) is 5.78 Å². The molecule has 3 rings (SSSR count). The van der Waals surface area contributed by atoms with E-state index >= 15 is 0 Å². The largest absolute Gasteiger partial charge is 0.452 e. The number of ketones is 1. The smallest absolute Gasteiger partial charge is 0.228 e. The first-order valence-electron chi connectivity index (χ1n) is 6.36. The number of carbonyl (C=O) groups excluding carboxylic acids is 1. The van der Waals surface area contributed by atoms with Gasteiger partial charge in [0.05, 0.1) is 0 Å². The van der Waals surface area contributed by atoms with Crippen molar-refractivity contribution in [1.29, 1.82) is 0 Å². The van der Waals surface area contributed by atoms with Crippen LogP contribution in [0.4, 0.5) is 0 Å². The van der Waals surface area contributed by atoms with Crippen LogP contribution in [0, 0.1) is 13.8 Å². The Bertz CT molecular complexity index is 815. The topological polar surface area (TPSA) is 30.2 Å². The molecule has 0 unspecified atom stereocenters. The Kier molecular flexibility index (Phi) is 3.22. The normalized spacial score (nSPS) is 10.9. The van der Waals surface area contributed by atoms with Crippen molar-refractivity contribution in [3.63, 3.8) is 0 Å². The van der Waals surface area contributed by atoms with Crippen LogP contribution in [0.15, 0.2) is 51.4 Å². The van der Waals surface area contributed by atoms with Crippen LogP contribution in [0.5, 0.6) is 0 Å². The first kappa shape index (κ1) is 13.1. The molecular formula is C17H13BrO2. The summed E-state index contributed by atoms with van der Waals surface area (Å²) in [7, 11) is 0. The molecule has 2 aromatic carbocycles. The van der Waals surface area contributed by atoms with Crippen molar-refractivity contribution >= 4 is 32.7 Å². The molecule has 0 N–H and O–H groups in total. The molecule has 1 heterocycles. The van der Waals surface area contributed by atoms with Gasteiger partial charge in [-0.1, -0.05) is 34.1 Å². The summed E-state index contributed by atoms with van der Waals surface area (Å²) in [4.78, 5) is 12.5. The van der Waals surface area contributed by atoms with E-state index in [1.807, 2.05) is 50.2 Å². The van der Waals surface area contributed by atoms with E-state index in [-0.39, 0.29) is 5.78 Å². The number of halogens is 1. The first-order valence-corrected chi connectivity index (χ1v) is 7.15. The van der Waals surface area contributed by atoms with Crippen LogP contribution < -0.4 is 0 Å². The molecule has 0 spiro atoms. The highest BCUT2D eigenvalue weighted by atomic mass is 79.9. The summed E-state index contributed by atoms with van der Waals surface area (Å²) in [6.07, 6.45) is 0. The third kappa shape index (κ3) is 2.18. The number of fused-ring (bicyclic) bond motifs is 1. The van der Waals surface area contributed by atoms with E-state index in [4.69, 9.17) is 4.42 Å². The minimum absolute atomic E-state index is 0.0869.